The molecule has 0 aliphatic carbocycles. The van der Waals surface area contributed by atoms with E-state index >= 15 is 0 Å². The van der Waals surface area contributed by atoms with Crippen LogP contribution in [0.25, 0.3) is 0 Å². The van der Waals surface area contributed by atoms with Crippen molar-refractivity contribution in [3.63, 3.8) is 0 Å². The molecule has 0 aromatic heterocycles. The summed E-state index contributed by atoms with van der Waals surface area (Å²) < 4.78 is 11.9. The SMILES string of the molecule is Cc1cccc(CN2CC[C@@H](C(O)N(Cc3cc(C)c4c(c3)OCCCO4)CC(C)C)C2)c1. The third-order valence-corrected chi connectivity index (χ3v) is 6.67. The number of fused-ring (bicyclic) bond motifs is 1. The van der Waals surface area contributed by atoms with Gasteiger partial charge in [-0.25, -0.2) is 0 Å². The van der Waals surface area contributed by atoms with Gasteiger partial charge in [0, 0.05) is 38.5 Å². The van der Waals surface area contributed by atoms with Gasteiger partial charge in [0.1, 0.15) is 6.23 Å². The predicted octanol–water partition coefficient (Wildman–Crippen LogP) is 4.76. The lowest BCUT2D eigenvalue weighted by Gasteiger charge is -2.33. The van der Waals surface area contributed by atoms with E-state index < -0.39 is 6.23 Å². The molecule has 1 saturated heterocycles. The molecular formula is C28H40N2O3. The number of likely N-dealkylation sites (tertiary alicyclic amines) is 1. The summed E-state index contributed by atoms with van der Waals surface area (Å²) in [6.07, 6.45) is 1.48. The molecule has 4 rings (SSSR count). The fourth-order valence-corrected chi connectivity index (χ4v) is 5.20. The Morgan fingerprint density at radius 3 is 2.70 bits per heavy atom. The molecule has 2 atom stereocenters. The summed E-state index contributed by atoms with van der Waals surface area (Å²) in [5.74, 6) is 2.45. The first-order valence-electron chi connectivity index (χ1n) is 12.5. The van der Waals surface area contributed by atoms with Crippen molar-refractivity contribution < 1.29 is 14.6 Å². The van der Waals surface area contributed by atoms with Crippen molar-refractivity contribution in [2.45, 2.75) is 59.9 Å². The van der Waals surface area contributed by atoms with E-state index in [4.69, 9.17) is 9.47 Å². The Balaban J connectivity index is 1.44. The molecule has 0 bridgehead atoms. The molecule has 0 spiro atoms. The van der Waals surface area contributed by atoms with Gasteiger partial charge < -0.3 is 14.6 Å². The summed E-state index contributed by atoms with van der Waals surface area (Å²) in [5, 5.41) is 11.4. The maximum absolute atomic E-state index is 11.4. The van der Waals surface area contributed by atoms with Gasteiger partial charge >= 0.3 is 0 Å². The average molecular weight is 453 g/mol. The van der Waals surface area contributed by atoms with Gasteiger partial charge in [-0.3, -0.25) is 9.80 Å². The van der Waals surface area contributed by atoms with Crippen molar-refractivity contribution in [3.8, 4) is 11.5 Å². The number of aliphatic hydroxyl groups excluding tert-OH is 1. The second kappa shape index (κ2) is 10.9. The zero-order valence-electron chi connectivity index (χ0n) is 20.7. The van der Waals surface area contributed by atoms with E-state index in [1.54, 1.807) is 0 Å². The number of hydrogen-bond acceptors (Lipinski definition) is 5. The first-order chi connectivity index (χ1) is 15.9. The third kappa shape index (κ3) is 6.28. The van der Waals surface area contributed by atoms with Crippen LogP contribution < -0.4 is 9.47 Å². The van der Waals surface area contributed by atoms with Crippen LogP contribution in [0, 0.1) is 25.7 Å². The summed E-state index contributed by atoms with van der Waals surface area (Å²) in [6.45, 7) is 14.6. The molecule has 1 fully saturated rings. The summed E-state index contributed by atoms with van der Waals surface area (Å²) in [6, 6.07) is 13.0. The lowest BCUT2D eigenvalue weighted by Crippen LogP contribution is -2.43. The van der Waals surface area contributed by atoms with Crippen LogP contribution in [0.3, 0.4) is 0 Å². The van der Waals surface area contributed by atoms with Gasteiger partial charge in [-0.05, 0) is 55.5 Å². The van der Waals surface area contributed by atoms with Crippen molar-refractivity contribution >= 4 is 0 Å². The lowest BCUT2D eigenvalue weighted by atomic mass is 10.0. The molecule has 2 heterocycles. The smallest absolute Gasteiger partial charge is 0.164 e. The molecule has 5 nitrogen and oxygen atoms in total. The summed E-state index contributed by atoms with van der Waals surface area (Å²) >= 11 is 0. The number of benzene rings is 2. The molecule has 0 saturated carbocycles. The van der Waals surface area contributed by atoms with Crippen molar-refractivity contribution in [2.24, 2.45) is 11.8 Å². The van der Waals surface area contributed by atoms with Crippen LogP contribution in [0.2, 0.25) is 0 Å². The van der Waals surface area contributed by atoms with E-state index in [0.29, 0.717) is 25.7 Å². The van der Waals surface area contributed by atoms with E-state index in [0.717, 1.165) is 56.1 Å². The zero-order valence-corrected chi connectivity index (χ0v) is 20.7. The van der Waals surface area contributed by atoms with Crippen LogP contribution >= 0.6 is 0 Å². The van der Waals surface area contributed by atoms with Crippen LogP contribution in [0.4, 0.5) is 0 Å². The summed E-state index contributed by atoms with van der Waals surface area (Å²) in [4.78, 5) is 4.73. The summed E-state index contributed by atoms with van der Waals surface area (Å²) in [7, 11) is 0. The van der Waals surface area contributed by atoms with Crippen LogP contribution in [0.5, 0.6) is 11.5 Å². The number of rotatable bonds is 8. The number of hydrogen-bond donors (Lipinski definition) is 1. The van der Waals surface area contributed by atoms with Crippen molar-refractivity contribution in [1.29, 1.82) is 0 Å². The van der Waals surface area contributed by atoms with Crippen molar-refractivity contribution in [3.05, 3.63) is 58.7 Å². The van der Waals surface area contributed by atoms with Gasteiger partial charge in [0.25, 0.3) is 0 Å². The monoisotopic (exact) mass is 452 g/mol. The number of aryl methyl sites for hydroxylation is 2. The van der Waals surface area contributed by atoms with Crippen LogP contribution in [0.15, 0.2) is 36.4 Å². The van der Waals surface area contributed by atoms with Gasteiger partial charge in [0.15, 0.2) is 11.5 Å². The molecular weight excluding hydrogens is 412 g/mol. The first kappa shape index (κ1) is 24.1. The highest BCUT2D eigenvalue weighted by Crippen LogP contribution is 2.35. The predicted molar refractivity (Wildman–Crippen MR) is 133 cm³/mol. The number of nitrogens with zero attached hydrogens (tertiary/aromatic N) is 2. The minimum absolute atomic E-state index is 0.259. The van der Waals surface area contributed by atoms with Crippen molar-refractivity contribution in [1.82, 2.24) is 9.80 Å². The summed E-state index contributed by atoms with van der Waals surface area (Å²) in [5.41, 5.74) is 4.93. The Morgan fingerprint density at radius 2 is 1.91 bits per heavy atom. The van der Waals surface area contributed by atoms with E-state index in [-0.39, 0.29) is 5.92 Å². The molecule has 0 radical (unpaired) electrons. The number of aliphatic hydroxyl groups is 1. The minimum Gasteiger partial charge on any atom is -0.490 e. The molecule has 5 heteroatoms. The second-order valence-corrected chi connectivity index (χ2v) is 10.3. The van der Waals surface area contributed by atoms with Gasteiger partial charge in [0.2, 0.25) is 0 Å². The Hall–Kier alpha value is -2.08. The minimum atomic E-state index is -0.453. The zero-order chi connectivity index (χ0) is 23.4. The highest BCUT2D eigenvalue weighted by molar-refractivity contribution is 5.49. The molecule has 1 N–H and O–H groups in total. The molecule has 180 valence electrons. The number of ether oxygens (including phenoxy) is 2. The fraction of sp³-hybridized carbons (Fsp3) is 0.571. The molecule has 33 heavy (non-hydrogen) atoms. The van der Waals surface area contributed by atoms with Crippen LogP contribution in [-0.2, 0) is 13.1 Å². The van der Waals surface area contributed by atoms with Gasteiger partial charge in [0.05, 0.1) is 13.2 Å². The average Bonchev–Trinajstić information content (AvgIpc) is 3.08. The Kier molecular flexibility index (Phi) is 7.94. The maximum Gasteiger partial charge on any atom is 0.164 e. The fourth-order valence-electron chi connectivity index (χ4n) is 5.20. The van der Waals surface area contributed by atoms with Crippen LogP contribution in [-0.4, -0.2) is 54.0 Å². The quantitative estimate of drug-likeness (QED) is 0.585. The van der Waals surface area contributed by atoms with Crippen LogP contribution in [0.1, 0.15) is 48.9 Å². The topological polar surface area (TPSA) is 45.2 Å². The van der Waals surface area contributed by atoms with E-state index in [1.807, 2.05) is 0 Å². The van der Waals surface area contributed by atoms with E-state index in [1.165, 1.54) is 16.7 Å². The Labute approximate surface area is 199 Å². The van der Waals surface area contributed by atoms with Gasteiger partial charge in [-0.2, -0.15) is 0 Å². The highest BCUT2D eigenvalue weighted by Gasteiger charge is 2.32. The van der Waals surface area contributed by atoms with Gasteiger partial charge in [-0.15, -0.1) is 0 Å². The first-order valence-corrected chi connectivity index (χ1v) is 12.5. The largest absolute Gasteiger partial charge is 0.490 e. The van der Waals surface area contributed by atoms with E-state index in [9.17, 15) is 5.11 Å². The normalized spacial score (nSPS) is 19.8. The third-order valence-electron chi connectivity index (χ3n) is 6.67. The standard InChI is InChI=1S/C28H40N2O3/c1-20(2)16-30(18-24-14-22(4)27-26(15-24)32-11-6-12-33-27)28(31)25-9-10-29(19-25)17-23-8-5-7-21(3)13-23/h5,7-8,13-15,20,25,28,31H,6,9-12,16-19H2,1-4H3/t25-,28?/m1/s1. The maximum atomic E-state index is 11.4. The lowest BCUT2D eigenvalue weighted by molar-refractivity contribution is -0.0481. The molecule has 2 aliphatic heterocycles. The highest BCUT2D eigenvalue weighted by atomic mass is 16.5. The molecule has 2 aliphatic rings. The molecule has 2 aromatic rings. The Morgan fingerprint density at radius 1 is 1.09 bits per heavy atom. The van der Waals surface area contributed by atoms with Gasteiger partial charge in [-0.1, -0.05) is 49.7 Å². The Bertz CT molecular complexity index is 929. The molecule has 1 unspecified atom stereocenters. The second-order valence-electron chi connectivity index (χ2n) is 10.3. The molecule has 0 amide bonds. The van der Waals surface area contributed by atoms with E-state index in [2.05, 4.69) is 73.9 Å². The molecule has 2 aromatic carbocycles. The van der Waals surface area contributed by atoms with Crippen molar-refractivity contribution in [2.75, 3.05) is 32.8 Å².